The van der Waals surface area contributed by atoms with Gasteiger partial charge in [0.1, 0.15) is 5.69 Å². The van der Waals surface area contributed by atoms with Crippen molar-refractivity contribution in [2.24, 2.45) is 0 Å². The second kappa shape index (κ2) is 10.1. The molecule has 0 aliphatic carbocycles. The van der Waals surface area contributed by atoms with E-state index in [-0.39, 0.29) is 43.1 Å². The fraction of sp³-hybridized carbons (Fsp3) is 0.478. The van der Waals surface area contributed by atoms with Crippen LogP contribution in [0.25, 0.3) is 0 Å². The lowest BCUT2D eigenvalue weighted by atomic mass is 10.1. The van der Waals surface area contributed by atoms with Gasteiger partial charge >= 0.3 is 5.97 Å². The summed E-state index contributed by atoms with van der Waals surface area (Å²) in [6, 6.07) is 4.44. The first-order valence-electron chi connectivity index (χ1n) is 10.9. The summed E-state index contributed by atoms with van der Waals surface area (Å²) in [5.74, 6) is -0.00890. The van der Waals surface area contributed by atoms with Crippen molar-refractivity contribution in [3.8, 4) is 11.5 Å². The summed E-state index contributed by atoms with van der Waals surface area (Å²) < 4.78 is 43.3. The average molecular weight is 494 g/mol. The molecule has 186 valence electrons. The minimum atomic E-state index is -3.78. The highest BCUT2D eigenvalue weighted by atomic mass is 32.2. The summed E-state index contributed by atoms with van der Waals surface area (Å²) in [6.45, 7) is 7.66. The molecule has 34 heavy (non-hydrogen) atoms. The number of hydrogen-bond donors (Lipinski definition) is 1. The lowest BCUT2D eigenvalue weighted by Gasteiger charge is -2.34. The van der Waals surface area contributed by atoms with Crippen LogP contribution in [0, 0.1) is 13.8 Å². The quantitative estimate of drug-likeness (QED) is 0.588. The topological polar surface area (TPSA) is 118 Å². The Morgan fingerprint density at radius 3 is 2.18 bits per heavy atom. The molecule has 0 radical (unpaired) electrons. The number of nitrogens with one attached hydrogen (secondary N) is 1. The molecule has 2 heterocycles. The Bertz CT molecular complexity index is 1180. The van der Waals surface area contributed by atoms with Crippen LogP contribution in [-0.2, 0) is 14.8 Å². The van der Waals surface area contributed by atoms with Crippen LogP contribution in [0.3, 0.4) is 0 Å². The highest BCUT2D eigenvalue weighted by Gasteiger charge is 2.33. The Kier molecular flexibility index (Phi) is 7.57. The van der Waals surface area contributed by atoms with Gasteiger partial charge < -0.3 is 24.1 Å². The van der Waals surface area contributed by atoms with Gasteiger partial charge in [-0.3, -0.25) is 4.79 Å². The van der Waals surface area contributed by atoms with E-state index in [1.165, 1.54) is 30.7 Å². The van der Waals surface area contributed by atoms with Crippen molar-refractivity contribution in [1.82, 2.24) is 14.2 Å². The van der Waals surface area contributed by atoms with E-state index in [4.69, 9.17) is 14.2 Å². The molecule has 3 rings (SSSR count). The zero-order valence-electron chi connectivity index (χ0n) is 20.3. The van der Waals surface area contributed by atoms with E-state index < -0.39 is 16.0 Å². The van der Waals surface area contributed by atoms with Gasteiger partial charge in [-0.15, -0.1) is 0 Å². The number of methoxy groups -OCH3 is 2. The van der Waals surface area contributed by atoms with Gasteiger partial charge in [0, 0.05) is 37.9 Å². The van der Waals surface area contributed by atoms with E-state index in [1.54, 1.807) is 38.7 Å². The number of H-pyrrole nitrogens is 1. The molecule has 1 amide bonds. The van der Waals surface area contributed by atoms with Crippen LogP contribution in [0.15, 0.2) is 23.1 Å². The van der Waals surface area contributed by atoms with Crippen LogP contribution in [0.2, 0.25) is 0 Å². The molecular weight excluding hydrogens is 462 g/mol. The molecule has 11 heteroatoms. The first kappa shape index (κ1) is 25.6. The van der Waals surface area contributed by atoms with Gasteiger partial charge in [0.25, 0.3) is 5.91 Å². The summed E-state index contributed by atoms with van der Waals surface area (Å²) in [6.07, 6.45) is -0.277. The number of carbonyl (C=O) groups is 2. The number of carbonyl (C=O) groups excluding carboxylic acids is 2. The van der Waals surface area contributed by atoms with Gasteiger partial charge in [0.15, 0.2) is 11.5 Å². The van der Waals surface area contributed by atoms with Crippen molar-refractivity contribution in [3.63, 3.8) is 0 Å². The van der Waals surface area contributed by atoms with Gasteiger partial charge in [-0.1, -0.05) is 0 Å². The lowest BCUT2D eigenvalue weighted by Crippen LogP contribution is -2.50. The fourth-order valence-corrected chi connectivity index (χ4v) is 5.40. The molecule has 1 aliphatic rings. The molecule has 1 saturated heterocycles. The van der Waals surface area contributed by atoms with Crippen molar-refractivity contribution in [1.29, 1.82) is 0 Å². The Morgan fingerprint density at radius 2 is 1.62 bits per heavy atom. The van der Waals surface area contributed by atoms with E-state index in [1.807, 2.05) is 0 Å². The van der Waals surface area contributed by atoms with E-state index >= 15 is 0 Å². The third-order valence-electron chi connectivity index (χ3n) is 5.72. The Hall–Kier alpha value is -3.05. The molecule has 2 aromatic rings. The predicted octanol–water partition coefficient (Wildman–Crippen LogP) is 2.36. The molecule has 0 bridgehead atoms. The average Bonchev–Trinajstić information content (AvgIpc) is 3.11. The fourth-order valence-electron chi connectivity index (χ4n) is 3.96. The monoisotopic (exact) mass is 493 g/mol. The number of esters is 1. The molecule has 1 N–H and O–H groups in total. The van der Waals surface area contributed by atoms with Crippen molar-refractivity contribution in [3.05, 3.63) is 40.7 Å². The number of aromatic amines is 1. The summed E-state index contributed by atoms with van der Waals surface area (Å²) in [5.41, 5.74) is 1.74. The smallest absolute Gasteiger partial charge is 0.340 e. The number of aryl methyl sites for hydroxylation is 1. The summed E-state index contributed by atoms with van der Waals surface area (Å²) >= 11 is 0. The summed E-state index contributed by atoms with van der Waals surface area (Å²) in [4.78, 5) is 30.3. The molecule has 0 unspecified atom stereocenters. The maximum Gasteiger partial charge on any atom is 0.340 e. The van der Waals surface area contributed by atoms with Crippen LogP contribution in [-0.4, -0.2) is 81.0 Å². The van der Waals surface area contributed by atoms with Crippen molar-refractivity contribution < 1.29 is 32.2 Å². The zero-order valence-corrected chi connectivity index (χ0v) is 21.1. The molecular formula is C23H31N3O7S. The highest BCUT2D eigenvalue weighted by Crippen LogP contribution is 2.31. The highest BCUT2D eigenvalue weighted by molar-refractivity contribution is 7.89. The molecule has 10 nitrogen and oxygen atoms in total. The zero-order chi connectivity index (χ0) is 25.2. The lowest BCUT2D eigenvalue weighted by molar-refractivity contribution is 0.0376. The molecule has 1 fully saturated rings. The predicted molar refractivity (Wildman–Crippen MR) is 125 cm³/mol. The normalized spacial score (nSPS) is 14.9. The second-order valence-corrected chi connectivity index (χ2v) is 10.2. The summed E-state index contributed by atoms with van der Waals surface area (Å²) in [5, 5.41) is 0. The van der Waals surface area contributed by atoms with Crippen LogP contribution in [0.5, 0.6) is 11.5 Å². The third-order valence-corrected chi connectivity index (χ3v) is 7.61. The Morgan fingerprint density at radius 1 is 1.00 bits per heavy atom. The Balaban J connectivity index is 1.74. The third kappa shape index (κ3) is 4.90. The van der Waals surface area contributed by atoms with Crippen molar-refractivity contribution in [2.45, 2.75) is 38.7 Å². The van der Waals surface area contributed by atoms with Gasteiger partial charge in [-0.05, 0) is 45.4 Å². The number of nitrogens with zero attached hydrogens (tertiary/aromatic N) is 2. The number of hydrogen-bond acceptors (Lipinski definition) is 7. The van der Waals surface area contributed by atoms with Crippen LogP contribution < -0.4 is 9.47 Å². The maximum absolute atomic E-state index is 13.2. The van der Waals surface area contributed by atoms with E-state index in [0.717, 1.165) is 0 Å². The first-order chi connectivity index (χ1) is 16.0. The molecule has 0 atom stereocenters. The molecule has 1 aromatic carbocycles. The van der Waals surface area contributed by atoms with Crippen LogP contribution in [0.1, 0.15) is 46.0 Å². The van der Waals surface area contributed by atoms with Gasteiger partial charge in [-0.2, -0.15) is 4.31 Å². The standard InChI is InChI=1S/C23H31N3O7S/c1-14(2)33-23(28)20-15(3)21(24-16(20)4)22(27)25-9-11-26(12-10-25)34(29,30)17-7-8-18(31-5)19(13-17)32-6/h7-8,13-14,24H,9-12H2,1-6H3. The maximum atomic E-state index is 13.2. The number of rotatable bonds is 7. The number of aromatic nitrogens is 1. The van der Waals surface area contributed by atoms with Gasteiger partial charge in [0.05, 0.1) is 30.8 Å². The van der Waals surface area contributed by atoms with Crippen molar-refractivity contribution in [2.75, 3.05) is 40.4 Å². The van der Waals surface area contributed by atoms with Gasteiger partial charge in [-0.25, -0.2) is 13.2 Å². The SMILES string of the molecule is COc1ccc(S(=O)(=O)N2CCN(C(=O)c3[nH]c(C)c(C(=O)OC(C)C)c3C)CC2)cc1OC. The minimum Gasteiger partial charge on any atom is -0.493 e. The molecule has 1 aliphatic heterocycles. The Labute approximate surface area is 199 Å². The van der Waals surface area contributed by atoms with Crippen LogP contribution in [0.4, 0.5) is 0 Å². The first-order valence-corrected chi connectivity index (χ1v) is 12.4. The number of piperazine rings is 1. The number of amides is 1. The summed E-state index contributed by atoms with van der Waals surface area (Å²) in [7, 11) is -0.857. The van der Waals surface area contributed by atoms with Gasteiger partial charge in [0.2, 0.25) is 10.0 Å². The van der Waals surface area contributed by atoms with Crippen molar-refractivity contribution >= 4 is 21.9 Å². The number of ether oxygens (including phenoxy) is 3. The number of sulfonamides is 1. The molecule has 1 aromatic heterocycles. The number of benzene rings is 1. The van der Waals surface area contributed by atoms with E-state index in [0.29, 0.717) is 34.0 Å². The minimum absolute atomic E-state index is 0.0917. The molecule has 0 saturated carbocycles. The van der Waals surface area contributed by atoms with E-state index in [2.05, 4.69) is 4.98 Å². The molecule has 0 spiro atoms. The van der Waals surface area contributed by atoms with E-state index in [9.17, 15) is 18.0 Å². The largest absolute Gasteiger partial charge is 0.493 e. The van der Waals surface area contributed by atoms with Crippen LogP contribution >= 0.6 is 0 Å². The second-order valence-electron chi connectivity index (χ2n) is 8.29.